The number of rotatable bonds is 25. The molecule has 0 amide bonds. The lowest BCUT2D eigenvalue weighted by Gasteiger charge is -2.71. The van der Waals surface area contributed by atoms with Gasteiger partial charge >= 0.3 is 0 Å². The lowest BCUT2D eigenvalue weighted by atomic mass is 9.86. The van der Waals surface area contributed by atoms with Gasteiger partial charge in [-0.1, -0.05) is 623 Å². The summed E-state index contributed by atoms with van der Waals surface area (Å²) >= 11 is 0. The fraction of sp³-hybridized carbons (Fsp3) is 0.594. The summed E-state index contributed by atoms with van der Waals surface area (Å²) < 4.78 is 22.5. The molecule has 18 rings (SSSR count). The third kappa shape index (κ3) is 15.3. The average molecular weight is 2350 g/mol. The topological polar surface area (TPSA) is 18.5 Å². The van der Waals surface area contributed by atoms with E-state index in [4.69, 9.17) is 0 Å². The Kier molecular flexibility index (Phi) is 30.2. The molecule has 6 atom stereocenters. The van der Waals surface area contributed by atoms with E-state index in [9.17, 15) is 8.85 Å². The summed E-state index contributed by atoms with van der Waals surface area (Å²) in [4.78, 5) is 0. The number of hydrogen-bond donors (Lipinski definition) is 0. The normalized spacial score (nSPS) is 25.6. The fourth-order valence-corrected chi connectivity index (χ4v) is 264. The molecule has 2 aliphatic carbocycles. The first-order valence-corrected chi connectivity index (χ1v) is 124. The van der Waals surface area contributed by atoms with Gasteiger partial charge < -0.3 is 8.85 Å². The second-order valence-corrected chi connectivity index (χ2v) is 182. The third-order valence-corrected chi connectivity index (χ3v) is 206. The summed E-state index contributed by atoms with van der Waals surface area (Å²) in [6.45, 7) is 145. The molecular formula is C128H214O2Si20. The van der Waals surface area contributed by atoms with Crippen LogP contribution in [0.3, 0.4) is 0 Å². The van der Waals surface area contributed by atoms with E-state index in [1.165, 1.54) is 155 Å². The maximum atomic E-state index is 9.81. The van der Waals surface area contributed by atoms with Gasteiger partial charge in [0.25, 0.3) is 16.6 Å². The van der Waals surface area contributed by atoms with Gasteiger partial charge in [-0.3, -0.25) is 0 Å². The minimum Gasteiger partial charge on any atom is -0.542 e. The molecule has 10 heterocycles. The Bertz CT molecular complexity index is 5720. The Hall–Kier alpha value is -2.82. The molecule has 10 aliphatic heterocycles. The van der Waals surface area contributed by atoms with Crippen LogP contribution >= 0.6 is 0 Å². The first-order valence-electron chi connectivity index (χ1n) is 60.1. The maximum Gasteiger partial charge on any atom is 0.260 e. The summed E-state index contributed by atoms with van der Waals surface area (Å²) in [6, 6.07) is 71.0. The quantitative estimate of drug-likeness (QED) is 0.0323. The number of benzene rings is 6. The molecule has 0 aromatic heterocycles. The Morgan fingerprint density at radius 3 is 0.513 bits per heavy atom. The molecule has 22 heteroatoms. The molecule has 4 bridgehead atoms. The lowest BCUT2D eigenvalue weighted by Crippen LogP contribution is -2.80. The molecule has 6 fully saturated rings. The van der Waals surface area contributed by atoms with Crippen LogP contribution in [0.2, 0.25) is 382 Å². The first-order chi connectivity index (χ1) is 68.5. The van der Waals surface area contributed by atoms with Crippen LogP contribution in [0.1, 0.15) is 124 Å². The Labute approximate surface area is 941 Å². The zero-order valence-corrected chi connectivity index (χ0v) is 125. The van der Waals surface area contributed by atoms with Crippen molar-refractivity contribution in [1.29, 1.82) is 0 Å². The molecular weight excluding hydrogens is 2130 g/mol. The van der Waals surface area contributed by atoms with Gasteiger partial charge in [0.2, 0.25) is 0 Å². The van der Waals surface area contributed by atoms with E-state index in [0.29, 0.717) is 50.4 Å². The molecule has 6 saturated heterocycles. The van der Waals surface area contributed by atoms with Gasteiger partial charge in [0, 0.05) is 185 Å². The Morgan fingerprint density at radius 2 is 0.353 bits per heavy atom. The lowest BCUT2D eigenvalue weighted by molar-refractivity contribution is 0.381. The molecule has 0 N–H and O–H groups in total. The summed E-state index contributed by atoms with van der Waals surface area (Å²) in [5.74, 6) is 2.73. The zero-order valence-electron chi connectivity index (χ0n) is 105. The van der Waals surface area contributed by atoms with Crippen molar-refractivity contribution in [1.82, 2.24) is 0 Å². The van der Waals surface area contributed by atoms with Crippen LogP contribution in [0.25, 0.3) is 33.4 Å². The van der Waals surface area contributed by atoms with Gasteiger partial charge in [0.1, 0.15) is 11.5 Å². The molecule has 150 heavy (non-hydrogen) atoms. The second-order valence-electron chi connectivity index (χ2n) is 66.9. The van der Waals surface area contributed by atoms with Crippen LogP contribution < -0.4 is 0 Å². The predicted molar refractivity (Wildman–Crippen MR) is 728 cm³/mol. The van der Waals surface area contributed by atoms with E-state index < -0.39 is 162 Å². The highest BCUT2D eigenvalue weighted by Crippen LogP contribution is 2.97. The van der Waals surface area contributed by atoms with Gasteiger partial charge in [-0.25, -0.2) is 0 Å². The molecule has 0 radical (unpaired) electrons. The van der Waals surface area contributed by atoms with E-state index in [1.807, 2.05) is 11.1 Å². The van der Waals surface area contributed by atoms with E-state index in [1.54, 1.807) is 11.1 Å². The van der Waals surface area contributed by atoms with Crippen molar-refractivity contribution in [2.75, 3.05) is 0 Å². The zero-order chi connectivity index (χ0) is 112. The van der Waals surface area contributed by atoms with Crippen molar-refractivity contribution in [3.05, 3.63) is 273 Å². The Balaban J connectivity index is 0.000000202. The smallest absolute Gasteiger partial charge is 0.260 e. The summed E-state index contributed by atoms with van der Waals surface area (Å²) in [5, 5.41) is 0. The highest BCUT2D eigenvalue weighted by molar-refractivity contribution is 7.34. The second kappa shape index (κ2) is 37.9. The van der Waals surface area contributed by atoms with Gasteiger partial charge in [-0.05, 0) is 89.8 Å². The summed E-state index contributed by atoms with van der Waals surface area (Å²) in [5.41, 5.74) is 27.4. The molecule has 2 nitrogen and oxygen atoms in total. The van der Waals surface area contributed by atoms with Crippen LogP contribution in [0, 0.1) is 0 Å². The van der Waals surface area contributed by atoms with Crippen molar-refractivity contribution < 1.29 is 8.85 Å². The van der Waals surface area contributed by atoms with Crippen LogP contribution in [-0.2, 0) is 8.85 Å². The molecule has 0 unspecified atom stereocenters. The van der Waals surface area contributed by atoms with Gasteiger partial charge in [0.05, 0.1) is 16.1 Å². The van der Waals surface area contributed by atoms with Crippen LogP contribution in [0.5, 0.6) is 0 Å². The minimum absolute atomic E-state index is 0.265. The van der Waals surface area contributed by atoms with Crippen molar-refractivity contribution in [3.8, 4) is 0 Å². The first kappa shape index (κ1) is 120. The predicted octanol–water partition coefficient (Wildman–Crippen LogP) is 42.6. The SMILES string of the molecule is CCCCCC.C[Si](C)(C)C1([Si](C)(C)C)CCC([Si](C)(C)C)([Si](C)(C)C)[Si]12OC1=C(c3ccccc3)C(c3ccccc3)=C(c3ccccc3)C1=C1[C@@H]2[C@H]2C=C[C@@H]1[Si]21C([Si](C)(C)C)([Si](C)(C)C)CCC1([Si](C)(C)C)[Si](C)(C)C.C[Si](C)(C)C1([Si](C)(C)C)CCC([Si](C)(C)C)([Si](C)(C)C)[Si]12OC1=C(c3ccccc3)C(c3ccccc3)=C(c3ccccc3)C1=C1[C@H]3C=C[C@@H]([C@H]12)[Si]31C([Si](C)(C)C)([Si](C)(C)C)CCC1([Si](C)(C)C)[Si](C)(C)C. The van der Waals surface area contributed by atoms with Crippen LogP contribution in [-0.4, -0.2) is 162 Å². The van der Waals surface area contributed by atoms with Gasteiger partial charge in [-0.2, -0.15) is 0 Å². The molecule has 0 saturated carbocycles. The minimum atomic E-state index is -3.13. The molecule has 6 aromatic rings. The molecule has 12 aliphatic rings. The van der Waals surface area contributed by atoms with Crippen molar-refractivity contribution in [2.24, 2.45) is 0 Å². The van der Waals surface area contributed by atoms with Gasteiger partial charge in [-0.15, -0.1) is 0 Å². The standard InChI is InChI=1S/2C61H100OSi10.C6H14/c2*1-63(2,3)58(64(4,5)6)42-43-59(65(7,8)9,66(10,11)12)71(58)49-40-41-50(71)57-54(49)55-52(47-36-30-26-31-37-47)51(46-34-28-25-29-35-46)53(48-38-32-27-33-39-48)56(55)62-72(57)60(67(13,14)15,68(16,17)18)44-45-61(72,69(19,20)21)70(22,23)24;1-3-5-6-4-2/h2*25-41,49-50,57H,42-45H2,1-24H3;3-6H2,1-2H3/t2*49-,50+,57-;/m10./s1. The Morgan fingerprint density at radius 1 is 0.200 bits per heavy atom. The fourth-order valence-electron chi connectivity index (χ4n) is 46.1. The largest absolute Gasteiger partial charge is 0.542 e. The average Bonchev–Trinajstić information content (AvgIpc) is 1.42. The van der Waals surface area contributed by atoms with E-state index in [2.05, 4.69) is 534 Å². The van der Waals surface area contributed by atoms with Gasteiger partial charge in [0.15, 0.2) is 0 Å². The molecule has 818 valence electrons. The molecule has 4 spiro atoms. The van der Waals surface area contributed by atoms with Crippen molar-refractivity contribution in [3.63, 3.8) is 0 Å². The molecule has 6 aromatic carbocycles. The van der Waals surface area contributed by atoms with Crippen LogP contribution in [0.4, 0.5) is 0 Å². The van der Waals surface area contributed by atoms with Crippen molar-refractivity contribution in [2.45, 2.75) is 473 Å². The number of fused-ring (bicyclic) bond motifs is 10. The third-order valence-electron chi connectivity index (χ3n) is 46.2. The van der Waals surface area contributed by atoms with Crippen LogP contribution in [0.15, 0.2) is 240 Å². The number of unbranched alkanes of at least 4 members (excludes halogenated alkanes) is 3. The van der Waals surface area contributed by atoms with E-state index >= 15 is 0 Å². The van der Waals surface area contributed by atoms with E-state index in [-0.39, 0.29) is 17.1 Å². The summed E-state index contributed by atoms with van der Waals surface area (Å²) in [7, 11) is -43.4. The highest BCUT2D eigenvalue weighted by atomic mass is 28.5. The van der Waals surface area contributed by atoms with E-state index in [0.717, 1.165) is 0 Å². The monoisotopic (exact) mass is 2340 g/mol. The summed E-state index contributed by atoms with van der Waals surface area (Å²) in [6.07, 6.45) is 29.6. The van der Waals surface area contributed by atoms with Crippen molar-refractivity contribution >= 4 is 195 Å². The number of hydrogen-bond acceptors (Lipinski definition) is 2. The number of allylic oxidation sites excluding steroid dienone is 12. The highest BCUT2D eigenvalue weighted by Gasteiger charge is 2.98. The maximum absolute atomic E-state index is 9.81.